The molecule has 0 atom stereocenters. The molecule has 0 fully saturated rings. The van der Waals surface area contributed by atoms with Crippen LogP contribution in [0, 0.1) is 0 Å². The number of carbonyl (C=O) groups excluding carboxylic acids is 1. The number of carbonyl (C=O) groups is 1. The second kappa shape index (κ2) is 12.5. The zero-order valence-electron chi connectivity index (χ0n) is 7.78. The van der Waals surface area contributed by atoms with Crippen molar-refractivity contribution in [1.29, 1.82) is 0 Å². The first-order chi connectivity index (χ1) is 5.81. The quantitative estimate of drug-likeness (QED) is 0.283. The summed E-state index contributed by atoms with van der Waals surface area (Å²) in [7, 11) is 0. The fourth-order valence-corrected chi connectivity index (χ4v) is 0.431. The van der Waals surface area contributed by atoms with Crippen molar-refractivity contribution in [2.45, 2.75) is 40.0 Å². The minimum absolute atomic E-state index is 0.315. The maximum atomic E-state index is 10.5. The Morgan fingerprint density at radius 1 is 1.58 bits per heavy atom. The van der Waals surface area contributed by atoms with Crippen LogP contribution in [-0.4, -0.2) is 5.97 Å². The van der Waals surface area contributed by atoms with E-state index in [-0.39, 0.29) is 0 Å². The summed E-state index contributed by atoms with van der Waals surface area (Å²) in [6.07, 6.45) is 2.00. The molecule has 12 heavy (non-hydrogen) atoms. The summed E-state index contributed by atoms with van der Waals surface area (Å²) in [5.74, 6) is -0.473. The predicted molar refractivity (Wildman–Crippen MR) is 46.1 cm³/mol. The van der Waals surface area contributed by atoms with Gasteiger partial charge in [0.15, 0.2) is 0 Å². The van der Waals surface area contributed by atoms with Gasteiger partial charge in [0.2, 0.25) is 0 Å². The second-order valence-corrected chi connectivity index (χ2v) is 1.74. The average molecular weight is 173 g/mol. The number of nitrogens with zero attached hydrogens (tertiary/aromatic N) is 3. The minimum atomic E-state index is -0.473. The molecule has 0 aromatic rings. The highest BCUT2D eigenvalue weighted by atomic mass is 16.7. The van der Waals surface area contributed by atoms with Crippen LogP contribution in [0.25, 0.3) is 10.4 Å². The Balaban J connectivity index is 0. The summed E-state index contributed by atoms with van der Waals surface area (Å²) in [4.78, 5) is 16.8. The van der Waals surface area contributed by atoms with Crippen molar-refractivity contribution in [1.82, 2.24) is 0 Å². The van der Waals surface area contributed by atoms with Gasteiger partial charge in [0, 0.05) is 11.3 Å². The molecule has 0 radical (unpaired) electrons. The maximum absolute atomic E-state index is 10.5. The Morgan fingerprint density at radius 2 is 2.17 bits per heavy atom. The van der Waals surface area contributed by atoms with E-state index in [0.29, 0.717) is 6.42 Å². The third-order valence-corrected chi connectivity index (χ3v) is 0.914. The van der Waals surface area contributed by atoms with Crippen LogP contribution in [0.2, 0.25) is 0 Å². The van der Waals surface area contributed by atoms with Crippen molar-refractivity contribution in [3.8, 4) is 0 Å². The molecule has 0 aromatic carbocycles. The molecule has 0 rings (SSSR count). The molecule has 0 aliphatic rings. The molecule has 0 aliphatic heterocycles. The standard InChI is InChI=1S/C5H9N3O2.C2H6/c1-2-3-4-5(9)10-8-7-6;1-2/h2-4H2,1H3;1-2H3. The van der Waals surface area contributed by atoms with Gasteiger partial charge in [-0.05, 0) is 12.0 Å². The molecular weight excluding hydrogens is 158 g/mol. The van der Waals surface area contributed by atoms with Gasteiger partial charge in [0.05, 0.1) is 0 Å². The molecular formula is C7H15N3O2. The van der Waals surface area contributed by atoms with Crippen LogP contribution in [0.4, 0.5) is 0 Å². The number of rotatable bonds is 4. The van der Waals surface area contributed by atoms with Crippen molar-refractivity contribution >= 4 is 5.97 Å². The normalized spacial score (nSPS) is 7.25. The van der Waals surface area contributed by atoms with Crippen LogP contribution < -0.4 is 0 Å². The first kappa shape index (κ1) is 13.4. The molecule has 5 nitrogen and oxygen atoms in total. The van der Waals surface area contributed by atoms with Crippen LogP contribution in [0.5, 0.6) is 0 Å². The third-order valence-electron chi connectivity index (χ3n) is 0.914. The summed E-state index contributed by atoms with van der Waals surface area (Å²) >= 11 is 0. The van der Waals surface area contributed by atoms with Gasteiger partial charge in [0.1, 0.15) is 5.28 Å². The van der Waals surface area contributed by atoms with E-state index in [2.05, 4.69) is 15.0 Å². The lowest BCUT2D eigenvalue weighted by molar-refractivity contribution is -0.144. The number of hydrogen-bond acceptors (Lipinski definition) is 3. The maximum Gasteiger partial charge on any atom is 0.317 e. The zero-order chi connectivity index (χ0) is 9.82. The van der Waals surface area contributed by atoms with Crippen LogP contribution in [0.15, 0.2) is 5.28 Å². The first-order valence-electron chi connectivity index (χ1n) is 4.05. The van der Waals surface area contributed by atoms with E-state index in [1.165, 1.54) is 0 Å². The molecule has 0 aliphatic carbocycles. The minimum Gasteiger partial charge on any atom is -0.359 e. The van der Waals surface area contributed by atoms with Crippen molar-refractivity contribution in [2.75, 3.05) is 0 Å². The van der Waals surface area contributed by atoms with E-state index < -0.39 is 5.97 Å². The van der Waals surface area contributed by atoms with Gasteiger partial charge >= 0.3 is 5.97 Å². The Kier molecular flexibility index (Phi) is 13.9. The molecule has 0 N–H and O–H groups in total. The average Bonchev–Trinajstić information content (AvgIpc) is 2.14. The topological polar surface area (TPSA) is 75.1 Å². The fraction of sp³-hybridized carbons (Fsp3) is 0.857. The lowest BCUT2D eigenvalue weighted by Crippen LogP contribution is -1.97. The van der Waals surface area contributed by atoms with E-state index in [4.69, 9.17) is 5.53 Å². The van der Waals surface area contributed by atoms with E-state index in [0.717, 1.165) is 12.8 Å². The molecule has 0 saturated carbocycles. The summed E-state index contributed by atoms with van der Waals surface area (Å²) < 4.78 is 0. The molecule has 0 spiro atoms. The fourth-order valence-electron chi connectivity index (χ4n) is 0.431. The first-order valence-corrected chi connectivity index (χ1v) is 4.05. The van der Waals surface area contributed by atoms with Gasteiger partial charge < -0.3 is 4.84 Å². The summed E-state index contributed by atoms with van der Waals surface area (Å²) in [6, 6.07) is 0. The third kappa shape index (κ3) is 11.6. The Morgan fingerprint density at radius 3 is 2.58 bits per heavy atom. The SMILES string of the molecule is CC.CCCCC(=O)ON=[N+]=[N-]. The highest BCUT2D eigenvalue weighted by Gasteiger charge is 1.98. The Bertz CT molecular complexity index is 153. The lowest BCUT2D eigenvalue weighted by Gasteiger charge is -1.92. The number of hydrogen-bond donors (Lipinski definition) is 0. The van der Waals surface area contributed by atoms with Crippen LogP contribution in [-0.2, 0) is 9.63 Å². The molecule has 0 heterocycles. The second-order valence-electron chi connectivity index (χ2n) is 1.74. The Hall–Kier alpha value is -1.22. The largest absolute Gasteiger partial charge is 0.359 e. The number of azide groups is 1. The van der Waals surface area contributed by atoms with E-state index >= 15 is 0 Å². The highest BCUT2D eigenvalue weighted by Crippen LogP contribution is 1.96. The van der Waals surface area contributed by atoms with E-state index in [9.17, 15) is 4.79 Å². The predicted octanol–water partition coefficient (Wildman–Crippen LogP) is 2.97. The monoisotopic (exact) mass is 173 g/mol. The lowest BCUT2D eigenvalue weighted by atomic mass is 10.3. The zero-order valence-corrected chi connectivity index (χ0v) is 7.78. The number of unbranched alkanes of at least 4 members (excludes halogenated alkanes) is 1. The molecule has 0 aromatic heterocycles. The molecule has 5 heteroatoms. The Labute approximate surface area is 72.3 Å². The van der Waals surface area contributed by atoms with Crippen molar-refractivity contribution in [3.05, 3.63) is 10.4 Å². The van der Waals surface area contributed by atoms with E-state index in [1.54, 1.807) is 0 Å². The molecule has 70 valence electrons. The summed E-state index contributed by atoms with van der Waals surface area (Å²) in [5, 5.41) is 2.66. The van der Waals surface area contributed by atoms with Crippen molar-refractivity contribution in [2.24, 2.45) is 5.28 Å². The van der Waals surface area contributed by atoms with Gasteiger partial charge in [-0.2, -0.15) is 0 Å². The molecule has 0 saturated heterocycles. The summed E-state index contributed by atoms with van der Waals surface area (Å²) in [6.45, 7) is 5.96. The van der Waals surface area contributed by atoms with Gasteiger partial charge in [-0.1, -0.05) is 27.2 Å². The molecule has 0 unspecified atom stereocenters. The van der Waals surface area contributed by atoms with Gasteiger partial charge in [-0.25, -0.2) is 0 Å². The van der Waals surface area contributed by atoms with E-state index in [1.807, 2.05) is 20.8 Å². The highest BCUT2D eigenvalue weighted by molar-refractivity contribution is 5.68. The smallest absolute Gasteiger partial charge is 0.317 e. The molecule has 0 bridgehead atoms. The van der Waals surface area contributed by atoms with Crippen LogP contribution in [0.3, 0.4) is 0 Å². The summed E-state index contributed by atoms with van der Waals surface area (Å²) in [5.41, 5.74) is 7.72. The molecule has 0 amide bonds. The van der Waals surface area contributed by atoms with Crippen molar-refractivity contribution in [3.63, 3.8) is 0 Å². The van der Waals surface area contributed by atoms with Crippen LogP contribution >= 0.6 is 0 Å². The van der Waals surface area contributed by atoms with Crippen molar-refractivity contribution < 1.29 is 9.63 Å². The van der Waals surface area contributed by atoms with Crippen LogP contribution in [0.1, 0.15) is 40.0 Å². The van der Waals surface area contributed by atoms with Gasteiger partial charge in [0.25, 0.3) is 0 Å². The van der Waals surface area contributed by atoms with Gasteiger partial charge in [-0.3, -0.25) is 4.79 Å². The van der Waals surface area contributed by atoms with Gasteiger partial charge in [-0.15, -0.1) is 0 Å².